The fraction of sp³-hybridized carbons (Fsp3) is 0.619. The predicted octanol–water partition coefficient (Wildman–Crippen LogP) is 3.32. The van der Waals surface area contributed by atoms with Crippen molar-refractivity contribution in [2.75, 3.05) is 13.2 Å². The van der Waals surface area contributed by atoms with Crippen molar-refractivity contribution in [3.8, 4) is 0 Å². The maximum absolute atomic E-state index is 12.1. The van der Waals surface area contributed by atoms with Crippen molar-refractivity contribution in [3.63, 3.8) is 0 Å². The number of rotatable bonds is 9. The summed E-state index contributed by atoms with van der Waals surface area (Å²) in [4.78, 5) is 23.1. The van der Waals surface area contributed by atoms with E-state index >= 15 is 0 Å². The molecule has 2 aliphatic rings. The van der Waals surface area contributed by atoms with Crippen LogP contribution in [0.1, 0.15) is 50.5 Å². The Morgan fingerprint density at radius 1 is 1.11 bits per heavy atom. The Kier molecular flexibility index (Phi) is 6.72. The van der Waals surface area contributed by atoms with Crippen LogP contribution >= 0.6 is 0 Å². The van der Waals surface area contributed by atoms with Crippen LogP contribution in [0.2, 0.25) is 0 Å². The van der Waals surface area contributed by atoms with Gasteiger partial charge in [0.15, 0.2) is 0 Å². The average molecular weight is 374 g/mol. The molecule has 3 N–H and O–H groups in total. The van der Waals surface area contributed by atoms with Crippen LogP contribution in [-0.4, -0.2) is 36.3 Å². The Bertz CT molecular complexity index is 622. The molecule has 0 unspecified atom stereocenters. The summed E-state index contributed by atoms with van der Waals surface area (Å²) in [5, 5.41) is 15.0. The lowest BCUT2D eigenvalue weighted by atomic mass is 9.86. The molecule has 6 nitrogen and oxygen atoms in total. The van der Waals surface area contributed by atoms with E-state index in [0.29, 0.717) is 32.6 Å². The molecule has 0 spiro atoms. The molecule has 2 saturated carbocycles. The maximum Gasteiger partial charge on any atom is 0.315 e. The minimum atomic E-state index is -0.719. The van der Waals surface area contributed by atoms with Gasteiger partial charge in [-0.2, -0.15) is 0 Å². The minimum Gasteiger partial charge on any atom is -0.481 e. The van der Waals surface area contributed by atoms with Crippen molar-refractivity contribution in [1.82, 2.24) is 10.6 Å². The number of benzene rings is 1. The Balaban J connectivity index is 1.29. The minimum absolute atomic E-state index is 0.0879. The Labute approximate surface area is 160 Å². The SMILES string of the molecule is O=C(NCC1(CCOCc2ccccc2)CC1)NC1CCC(C(=O)O)CC1. The Morgan fingerprint density at radius 2 is 1.81 bits per heavy atom. The second-order valence-electron chi connectivity index (χ2n) is 8.00. The van der Waals surface area contributed by atoms with E-state index in [9.17, 15) is 9.59 Å². The van der Waals surface area contributed by atoms with Crippen molar-refractivity contribution in [3.05, 3.63) is 35.9 Å². The van der Waals surface area contributed by atoms with E-state index in [1.54, 1.807) is 0 Å². The molecule has 0 atom stereocenters. The monoisotopic (exact) mass is 374 g/mol. The molecule has 0 radical (unpaired) electrons. The van der Waals surface area contributed by atoms with Gasteiger partial charge in [0.2, 0.25) is 0 Å². The summed E-state index contributed by atoms with van der Waals surface area (Å²) < 4.78 is 5.78. The number of ether oxygens (including phenoxy) is 1. The largest absolute Gasteiger partial charge is 0.481 e. The number of carbonyl (C=O) groups is 2. The smallest absolute Gasteiger partial charge is 0.315 e. The number of carboxylic acid groups (broad SMARTS) is 1. The van der Waals surface area contributed by atoms with E-state index in [-0.39, 0.29) is 23.4 Å². The molecule has 1 aromatic carbocycles. The Hall–Kier alpha value is -2.08. The fourth-order valence-corrected chi connectivity index (χ4v) is 3.73. The summed E-state index contributed by atoms with van der Waals surface area (Å²) in [6, 6.07) is 10.1. The van der Waals surface area contributed by atoms with Gasteiger partial charge >= 0.3 is 12.0 Å². The number of urea groups is 1. The molecule has 6 heteroatoms. The van der Waals surface area contributed by atoms with Crippen LogP contribution in [-0.2, 0) is 16.1 Å². The standard InChI is InChI=1S/C21H30N2O4/c24-19(25)17-6-8-18(9-7-17)23-20(26)22-15-21(10-11-21)12-13-27-14-16-4-2-1-3-5-16/h1-5,17-18H,6-15H2,(H,24,25)(H2,22,23,26). The van der Waals surface area contributed by atoms with E-state index in [1.807, 2.05) is 18.2 Å². The van der Waals surface area contributed by atoms with E-state index in [0.717, 1.165) is 32.1 Å². The second-order valence-corrected chi connectivity index (χ2v) is 8.00. The van der Waals surface area contributed by atoms with Crippen LogP contribution in [0.15, 0.2) is 30.3 Å². The summed E-state index contributed by atoms with van der Waals surface area (Å²) >= 11 is 0. The molecule has 0 aliphatic heterocycles. The summed E-state index contributed by atoms with van der Waals surface area (Å²) in [5.74, 6) is -0.972. The van der Waals surface area contributed by atoms with Gasteiger partial charge in [0.25, 0.3) is 0 Å². The number of amides is 2. The van der Waals surface area contributed by atoms with Crippen molar-refractivity contribution >= 4 is 12.0 Å². The molecule has 2 amide bonds. The normalized spacial score (nSPS) is 23.4. The molecular weight excluding hydrogens is 344 g/mol. The molecule has 0 saturated heterocycles. The van der Waals surface area contributed by atoms with E-state index in [4.69, 9.17) is 9.84 Å². The molecule has 1 aromatic rings. The molecule has 0 aromatic heterocycles. The topological polar surface area (TPSA) is 87.7 Å². The first kappa shape index (κ1) is 19.7. The van der Waals surface area contributed by atoms with Gasteiger partial charge in [0.1, 0.15) is 0 Å². The lowest BCUT2D eigenvalue weighted by Crippen LogP contribution is -2.45. The predicted molar refractivity (Wildman–Crippen MR) is 102 cm³/mol. The van der Waals surface area contributed by atoms with Crippen molar-refractivity contribution in [1.29, 1.82) is 0 Å². The quantitative estimate of drug-likeness (QED) is 0.579. The Morgan fingerprint density at radius 3 is 2.44 bits per heavy atom. The lowest BCUT2D eigenvalue weighted by Gasteiger charge is -2.27. The van der Waals surface area contributed by atoms with Crippen molar-refractivity contribution in [2.45, 2.75) is 57.6 Å². The highest BCUT2D eigenvalue weighted by Crippen LogP contribution is 2.48. The van der Waals surface area contributed by atoms with E-state index in [2.05, 4.69) is 22.8 Å². The van der Waals surface area contributed by atoms with Crippen LogP contribution in [0, 0.1) is 11.3 Å². The van der Waals surface area contributed by atoms with Gasteiger partial charge in [-0.15, -0.1) is 0 Å². The van der Waals surface area contributed by atoms with Crippen LogP contribution < -0.4 is 10.6 Å². The van der Waals surface area contributed by atoms with Gasteiger partial charge in [-0.05, 0) is 55.9 Å². The molecule has 148 valence electrons. The third-order valence-corrected chi connectivity index (χ3v) is 5.88. The zero-order chi connectivity index (χ0) is 19.1. The molecule has 2 fully saturated rings. The highest BCUT2D eigenvalue weighted by Gasteiger charge is 2.42. The summed E-state index contributed by atoms with van der Waals surface area (Å²) in [5.41, 5.74) is 1.37. The maximum atomic E-state index is 12.1. The van der Waals surface area contributed by atoms with Gasteiger partial charge in [-0.3, -0.25) is 4.79 Å². The summed E-state index contributed by atoms with van der Waals surface area (Å²) in [6.45, 7) is 2.01. The zero-order valence-electron chi connectivity index (χ0n) is 15.8. The van der Waals surface area contributed by atoms with Gasteiger partial charge in [0, 0.05) is 19.2 Å². The molecular formula is C21H30N2O4. The van der Waals surface area contributed by atoms with Crippen molar-refractivity contribution in [2.24, 2.45) is 11.3 Å². The van der Waals surface area contributed by atoms with Crippen molar-refractivity contribution < 1.29 is 19.4 Å². The van der Waals surface area contributed by atoms with Crippen LogP contribution in [0.25, 0.3) is 0 Å². The summed E-state index contributed by atoms with van der Waals surface area (Å²) in [7, 11) is 0. The van der Waals surface area contributed by atoms with E-state index in [1.165, 1.54) is 5.56 Å². The first-order chi connectivity index (χ1) is 13.1. The zero-order valence-corrected chi connectivity index (χ0v) is 15.8. The number of hydrogen-bond acceptors (Lipinski definition) is 3. The second kappa shape index (κ2) is 9.22. The average Bonchev–Trinajstić information content (AvgIpc) is 3.45. The third-order valence-electron chi connectivity index (χ3n) is 5.88. The fourth-order valence-electron chi connectivity index (χ4n) is 3.73. The highest BCUT2D eigenvalue weighted by atomic mass is 16.5. The van der Waals surface area contributed by atoms with Crippen LogP contribution in [0.3, 0.4) is 0 Å². The van der Waals surface area contributed by atoms with Crippen LogP contribution in [0.4, 0.5) is 4.79 Å². The van der Waals surface area contributed by atoms with Crippen LogP contribution in [0.5, 0.6) is 0 Å². The third kappa shape index (κ3) is 6.24. The number of nitrogens with one attached hydrogen (secondary N) is 2. The number of carbonyl (C=O) groups excluding carboxylic acids is 1. The lowest BCUT2D eigenvalue weighted by molar-refractivity contribution is -0.142. The van der Waals surface area contributed by atoms with Gasteiger partial charge < -0.3 is 20.5 Å². The molecule has 0 bridgehead atoms. The first-order valence-electron chi connectivity index (χ1n) is 9.95. The summed E-state index contributed by atoms with van der Waals surface area (Å²) in [6.07, 6.45) is 5.99. The van der Waals surface area contributed by atoms with Gasteiger partial charge in [-0.25, -0.2) is 4.79 Å². The molecule has 27 heavy (non-hydrogen) atoms. The number of aliphatic carboxylic acids is 1. The number of hydrogen-bond donors (Lipinski definition) is 3. The first-order valence-corrected chi connectivity index (χ1v) is 9.95. The van der Waals surface area contributed by atoms with Gasteiger partial charge in [-0.1, -0.05) is 30.3 Å². The van der Waals surface area contributed by atoms with E-state index < -0.39 is 5.97 Å². The van der Waals surface area contributed by atoms with Gasteiger partial charge in [0.05, 0.1) is 12.5 Å². The number of carboxylic acids is 1. The molecule has 3 rings (SSSR count). The molecule has 0 heterocycles. The molecule has 2 aliphatic carbocycles. The highest BCUT2D eigenvalue weighted by molar-refractivity contribution is 5.74.